The van der Waals surface area contributed by atoms with Gasteiger partial charge in [0.2, 0.25) is 5.91 Å². The van der Waals surface area contributed by atoms with E-state index >= 15 is 0 Å². The number of carbonyl (C=O) groups excluding carboxylic acids is 1. The second-order valence-electron chi connectivity index (χ2n) is 4.69. The molecule has 1 aliphatic carbocycles. The molecule has 1 atom stereocenters. The molecule has 0 aliphatic heterocycles. The maximum absolute atomic E-state index is 11.7. The smallest absolute Gasteiger partial charge is 0.237 e. The van der Waals surface area contributed by atoms with E-state index in [9.17, 15) is 4.79 Å². The van der Waals surface area contributed by atoms with Gasteiger partial charge in [0.05, 0.1) is 17.7 Å². The third-order valence-corrected chi connectivity index (χ3v) is 3.01. The average molecular weight is 243 g/mol. The van der Waals surface area contributed by atoms with E-state index in [1.165, 1.54) is 0 Å². The van der Waals surface area contributed by atoms with Crippen LogP contribution in [-0.4, -0.2) is 18.0 Å². The number of benzene rings is 1. The Morgan fingerprint density at radius 1 is 1.44 bits per heavy atom. The number of nitrogens with one attached hydrogen (secondary N) is 2. The molecule has 1 saturated carbocycles. The molecule has 0 heterocycles. The quantitative estimate of drug-likeness (QED) is 0.819. The molecule has 1 aliphatic rings. The van der Waals surface area contributed by atoms with E-state index in [0.717, 1.165) is 18.4 Å². The molecule has 94 valence electrons. The predicted octanol–water partition coefficient (Wildman–Crippen LogP) is 1.31. The third kappa shape index (κ3) is 3.57. The summed E-state index contributed by atoms with van der Waals surface area (Å²) in [4.78, 5) is 11.7. The molecule has 1 aromatic rings. The Bertz CT molecular complexity index is 457. The highest BCUT2D eigenvalue weighted by Gasteiger charge is 2.25. The number of nitriles is 1. The number of amides is 1. The van der Waals surface area contributed by atoms with Gasteiger partial charge in [0, 0.05) is 12.6 Å². The Labute approximate surface area is 107 Å². The molecule has 1 unspecified atom stereocenters. The van der Waals surface area contributed by atoms with Crippen molar-refractivity contribution in [2.45, 2.75) is 38.4 Å². The standard InChI is InChI=1S/C14H17N3O/c1-10(14(18)17-13-6-7-13)16-9-12-4-2-11(8-15)3-5-12/h2-5,10,13,16H,6-7,9H2,1H3,(H,17,18). The summed E-state index contributed by atoms with van der Waals surface area (Å²) < 4.78 is 0. The minimum absolute atomic E-state index is 0.0612. The lowest BCUT2D eigenvalue weighted by Gasteiger charge is -2.13. The largest absolute Gasteiger partial charge is 0.352 e. The van der Waals surface area contributed by atoms with Gasteiger partial charge in [0.25, 0.3) is 0 Å². The molecule has 0 bridgehead atoms. The zero-order chi connectivity index (χ0) is 13.0. The van der Waals surface area contributed by atoms with E-state index in [-0.39, 0.29) is 11.9 Å². The molecule has 1 fully saturated rings. The van der Waals surface area contributed by atoms with Crippen LogP contribution >= 0.6 is 0 Å². The number of carbonyl (C=O) groups is 1. The van der Waals surface area contributed by atoms with Gasteiger partial charge in [-0.25, -0.2) is 0 Å². The van der Waals surface area contributed by atoms with E-state index in [0.29, 0.717) is 18.2 Å². The van der Waals surface area contributed by atoms with Crippen molar-refractivity contribution in [1.29, 1.82) is 5.26 Å². The van der Waals surface area contributed by atoms with Crippen molar-refractivity contribution >= 4 is 5.91 Å². The van der Waals surface area contributed by atoms with E-state index in [4.69, 9.17) is 5.26 Å². The van der Waals surface area contributed by atoms with Gasteiger partial charge in [-0.2, -0.15) is 5.26 Å². The van der Waals surface area contributed by atoms with E-state index in [2.05, 4.69) is 16.7 Å². The van der Waals surface area contributed by atoms with Crippen LogP contribution in [-0.2, 0) is 11.3 Å². The molecule has 18 heavy (non-hydrogen) atoms. The molecule has 1 aromatic carbocycles. The van der Waals surface area contributed by atoms with Crippen molar-refractivity contribution < 1.29 is 4.79 Å². The molecule has 0 radical (unpaired) electrons. The minimum atomic E-state index is -0.193. The molecular weight excluding hydrogens is 226 g/mol. The molecule has 0 saturated heterocycles. The van der Waals surface area contributed by atoms with Crippen LogP contribution in [0.4, 0.5) is 0 Å². The molecule has 0 aromatic heterocycles. The number of nitrogens with zero attached hydrogens (tertiary/aromatic N) is 1. The van der Waals surface area contributed by atoms with Gasteiger partial charge in [-0.1, -0.05) is 12.1 Å². The summed E-state index contributed by atoms with van der Waals surface area (Å²) in [5, 5.41) is 14.8. The molecule has 4 heteroatoms. The Morgan fingerprint density at radius 2 is 2.11 bits per heavy atom. The zero-order valence-electron chi connectivity index (χ0n) is 10.4. The van der Waals surface area contributed by atoms with E-state index in [1.807, 2.05) is 19.1 Å². The van der Waals surface area contributed by atoms with Crippen LogP contribution in [0.2, 0.25) is 0 Å². The van der Waals surface area contributed by atoms with Crippen molar-refractivity contribution in [3.05, 3.63) is 35.4 Å². The average Bonchev–Trinajstić information content (AvgIpc) is 3.20. The molecule has 2 rings (SSSR count). The third-order valence-electron chi connectivity index (χ3n) is 3.01. The molecule has 0 spiro atoms. The van der Waals surface area contributed by atoms with Crippen molar-refractivity contribution in [1.82, 2.24) is 10.6 Å². The Morgan fingerprint density at radius 3 is 2.67 bits per heavy atom. The number of rotatable bonds is 5. The lowest BCUT2D eigenvalue weighted by molar-refractivity contribution is -0.122. The summed E-state index contributed by atoms with van der Waals surface area (Å²) in [6.07, 6.45) is 2.21. The van der Waals surface area contributed by atoms with Gasteiger partial charge in [0.1, 0.15) is 0 Å². The lowest BCUT2D eigenvalue weighted by atomic mass is 10.1. The minimum Gasteiger partial charge on any atom is -0.352 e. The van der Waals surface area contributed by atoms with Crippen molar-refractivity contribution in [3.63, 3.8) is 0 Å². The highest BCUT2D eigenvalue weighted by Crippen LogP contribution is 2.18. The molecule has 1 amide bonds. The summed E-state index contributed by atoms with van der Waals surface area (Å²) in [6, 6.07) is 9.65. The zero-order valence-corrected chi connectivity index (χ0v) is 10.4. The molecular formula is C14H17N3O. The van der Waals surface area contributed by atoms with Crippen LogP contribution in [0.25, 0.3) is 0 Å². The van der Waals surface area contributed by atoms with Crippen molar-refractivity contribution in [2.75, 3.05) is 0 Å². The van der Waals surface area contributed by atoms with Crippen LogP contribution < -0.4 is 10.6 Å². The summed E-state index contributed by atoms with van der Waals surface area (Å²) >= 11 is 0. The summed E-state index contributed by atoms with van der Waals surface area (Å²) in [5.74, 6) is 0.0612. The maximum atomic E-state index is 11.7. The molecule has 2 N–H and O–H groups in total. The predicted molar refractivity (Wildman–Crippen MR) is 68.6 cm³/mol. The van der Waals surface area contributed by atoms with Gasteiger partial charge in [-0.15, -0.1) is 0 Å². The fourth-order valence-electron chi connectivity index (χ4n) is 1.61. The first-order valence-electron chi connectivity index (χ1n) is 6.22. The number of hydrogen-bond donors (Lipinski definition) is 2. The van der Waals surface area contributed by atoms with Gasteiger partial charge in [0.15, 0.2) is 0 Å². The Kier molecular flexibility index (Phi) is 3.96. The van der Waals surface area contributed by atoms with Gasteiger partial charge in [-0.05, 0) is 37.5 Å². The van der Waals surface area contributed by atoms with Crippen LogP contribution in [0.15, 0.2) is 24.3 Å². The van der Waals surface area contributed by atoms with Crippen molar-refractivity contribution in [3.8, 4) is 6.07 Å². The van der Waals surface area contributed by atoms with Crippen LogP contribution in [0, 0.1) is 11.3 Å². The highest BCUT2D eigenvalue weighted by atomic mass is 16.2. The summed E-state index contributed by atoms with van der Waals surface area (Å²) in [5.41, 5.74) is 1.72. The van der Waals surface area contributed by atoms with E-state index < -0.39 is 0 Å². The van der Waals surface area contributed by atoms with Gasteiger partial charge in [-0.3, -0.25) is 4.79 Å². The summed E-state index contributed by atoms with van der Waals surface area (Å²) in [7, 11) is 0. The van der Waals surface area contributed by atoms with Crippen LogP contribution in [0.5, 0.6) is 0 Å². The van der Waals surface area contributed by atoms with Crippen LogP contribution in [0.3, 0.4) is 0 Å². The monoisotopic (exact) mass is 243 g/mol. The normalized spacial score (nSPS) is 15.8. The first-order chi connectivity index (χ1) is 8.69. The Hall–Kier alpha value is -1.86. The van der Waals surface area contributed by atoms with Crippen molar-refractivity contribution in [2.24, 2.45) is 0 Å². The van der Waals surface area contributed by atoms with E-state index in [1.54, 1.807) is 12.1 Å². The second kappa shape index (κ2) is 5.65. The molecule has 4 nitrogen and oxygen atoms in total. The second-order valence-corrected chi connectivity index (χ2v) is 4.69. The lowest BCUT2D eigenvalue weighted by Crippen LogP contribution is -2.42. The summed E-state index contributed by atoms with van der Waals surface area (Å²) in [6.45, 7) is 2.49. The SMILES string of the molecule is CC(NCc1ccc(C#N)cc1)C(=O)NC1CC1. The maximum Gasteiger partial charge on any atom is 0.237 e. The highest BCUT2D eigenvalue weighted by molar-refractivity contribution is 5.81. The van der Waals surface area contributed by atoms with Gasteiger partial charge < -0.3 is 10.6 Å². The fourth-order valence-corrected chi connectivity index (χ4v) is 1.61. The topological polar surface area (TPSA) is 64.9 Å². The first-order valence-corrected chi connectivity index (χ1v) is 6.22. The van der Waals surface area contributed by atoms with Crippen LogP contribution in [0.1, 0.15) is 30.9 Å². The van der Waals surface area contributed by atoms with Gasteiger partial charge >= 0.3 is 0 Å². The number of hydrogen-bond acceptors (Lipinski definition) is 3. The Balaban J connectivity index is 1.78. The first kappa shape index (κ1) is 12.6. The fraction of sp³-hybridized carbons (Fsp3) is 0.429.